The average molecular weight is 396 g/mol. The van der Waals surface area contributed by atoms with Crippen LogP contribution in [0.25, 0.3) is 0 Å². The second-order valence-corrected chi connectivity index (χ2v) is 8.49. The molecule has 7 nitrogen and oxygen atoms in total. The Morgan fingerprint density at radius 3 is 2.48 bits per heavy atom. The third kappa shape index (κ3) is 3.60. The average Bonchev–Trinajstić information content (AvgIpc) is 3.18. The van der Waals surface area contributed by atoms with Gasteiger partial charge in [0, 0.05) is 30.4 Å². The Morgan fingerprint density at radius 1 is 1.17 bits per heavy atom. The van der Waals surface area contributed by atoms with Crippen molar-refractivity contribution in [3.8, 4) is 0 Å². The van der Waals surface area contributed by atoms with E-state index < -0.39 is 5.60 Å². The minimum Gasteiger partial charge on any atom is -0.381 e. The number of aromatic nitrogens is 2. The molecule has 1 N–H and O–H groups in total. The van der Waals surface area contributed by atoms with Crippen molar-refractivity contribution in [2.45, 2.75) is 31.9 Å². The molecule has 0 saturated carbocycles. The standard InChI is InChI=1S/C22H29N5O2/c1-15-16(2)23-19(24-20(15)26-11-10-18(12-26)25(3)4)21(28)27-13-22(29,14-27)17-8-6-5-7-9-17/h5-9,18,29H,10-14H2,1-4H3/t18-/m1/s1. The highest BCUT2D eigenvalue weighted by Crippen LogP contribution is 2.33. The quantitative estimate of drug-likeness (QED) is 0.847. The van der Waals surface area contributed by atoms with Gasteiger partial charge in [-0.15, -0.1) is 0 Å². The minimum absolute atomic E-state index is 0.214. The second kappa shape index (κ2) is 7.39. The van der Waals surface area contributed by atoms with E-state index in [0.717, 1.165) is 42.1 Å². The lowest BCUT2D eigenvalue weighted by atomic mass is 9.86. The molecule has 1 aromatic carbocycles. The van der Waals surface area contributed by atoms with E-state index in [1.807, 2.05) is 44.2 Å². The van der Waals surface area contributed by atoms with E-state index >= 15 is 0 Å². The van der Waals surface area contributed by atoms with Gasteiger partial charge in [0.1, 0.15) is 11.4 Å². The number of hydrogen-bond donors (Lipinski definition) is 1. The van der Waals surface area contributed by atoms with Crippen molar-refractivity contribution in [1.29, 1.82) is 0 Å². The molecule has 0 aliphatic carbocycles. The van der Waals surface area contributed by atoms with Gasteiger partial charge in [-0.25, -0.2) is 9.97 Å². The van der Waals surface area contributed by atoms with Crippen LogP contribution in [0.15, 0.2) is 30.3 Å². The van der Waals surface area contributed by atoms with E-state index in [2.05, 4.69) is 33.9 Å². The number of nitrogens with zero attached hydrogens (tertiary/aromatic N) is 5. The van der Waals surface area contributed by atoms with Gasteiger partial charge in [-0.3, -0.25) is 4.79 Å². The van der Waals surface area contributed by atoms with E-state index in [4.69, 9.17) is 0 Å². The van der Waals surface area contributed by atoms with Gasteiger partial charge in [0.15, 0.2) is 0 Å². The predicted octanol–water partition coefficient (Wildman–Crippen LogP) is 1.58. The van der Waals surface area contributed by atoms with Crippen LogP contribution >= 0.6 is 0 Å². The van der Waals surface area contributed by atoms with Crippen LogP contribution in [0.2, 0.25) is 0 Å². The van der Waals surface area contributed by atoms with Crippen molar-refractivity contribution in [3.63, 3.8) is 0 Å². The molecule has 2 aromatic rings. The first-order valence-electron chi connectivity index (χ1n) is 10.1. The number of amides is 1. The Balaban J connectivity index is 1.52. The van der Waals surface area contributed by atoms with Crippen LogP contribution in [0.5, 0.6) is 0 Å². The van der Waals surface area contributed by atoms with Crippen LogP contribution in [0.4, 0.5) is 5.82 Å². The summed E-state index contributed by atoms with van der Waals surface area (Å²) in [5, 5.41) is 10.8. The molecule has 1 amide bonds. The monoisotopic (exact) mass is 395 g/mol. The van der Waals surface area contributed by atoms with Crippen molar-refractivity contribution < 1.29 is 9.90 Å². The summed E-state index contributed by atoms with van der Waals surface area (Å²) < 4.78 is 0. The molecule has 154 valence electrons. The zero-order valence-corrected chi connectivity index (χ0v) is 17.6. The number of rotatable bonds is 4. The third-order valence-electron chi connectivity index (χ3n) is 6.25. The van der Waals surface area contributed by atoms with Crippen LogP contribution in [0.3, 0.4) is 0 Å². The van der Waals surface area contributed by atoms with E-state index in [9.17, 15) is 9.90 Å². The number of anilines is 1. The fourth-order valence-electron chi connectivity index (χ4n) is 4.17. The lowest BCUT2D eigenvalue weighted by Crippen LogP contribution is -2.61. The van der Waals surface area contributed by atoms with Gasteiger partial charge >= 0.3 is 0 Å². The first-order valence-corrected chi connectivity index (χ1v) is 10.1. The second-order valence-electron chi connectivity index (χ2n) is 8.49. The molecule has 0 unspecified atom stereocenters. The molecule has 1 aromatic heterocycles. The summed E-state index contributed by atoms with van der Waals surface area (Å²) in [6, 6.07) is 9.97. The smallest absolute Gasteiger partial charge is 0.291 e. The summed E-state index contributed by atoms with van der Waals surface area (Å²) in [5.41, 5.74) is 1.68. The van der Waals surface area contributed by atoms with E-state index in [-0.39, 0.29) is 24.8 Å². The zero-order chi connectivity index (χ0) is 20.8. The van der Waals surface area contributed by atoms with E-state index in [0.29, 0.717) is 6.04 Å². The van der Waals surface area contributed by atoms with Crippen molar-refractivity contribution in [2.75, 3.05) is 45.2 Å². The highest BCUT2D eigenvalue weighted by atomic mass is 16.3. The molecule has 1 atom stereocenters. The van der Waals surface area contributed by atoms with Gasteiger partial charge in [0.05, 0.1) is 13.1 Å². The fraction of sp³-hybridized carbons (Fsp3) is 0.500. The highest BCUT2D eigenvalue weighted by molar-refractivity contribution is 5.92. The number of aryl methyl sites for hydroxylation is 1. The highest BCUT2D eigenvalue weighted by Gasteiger charge is 2.46. The normalized spacial score (nSPS) is 20.8. The van der Waals surface area contributed by atoms with Gasteiger partial charge in [0.25, 0.3) is 5.91 Å². The van der Waals surface area contributed by atoms with E-state index in [1.54, 1.807) is 4.90 Å². The molecule has 0 spiro atoms. The summed E-state index contributed by atoms with van der Waals surface area (Å²) in [4.78, 5) is 28.2. The zero-order valence-electron chi connectivity index (χ0n) is 17.6. The Morgan fingerprint density at radius 2 is 1.86 bits per heavy atom. The van der Waals surface area contributed by atoms with Gasteiger partial charge in [-0.05, 0) is 39.9 Å². The van der Waals surface area contributed by atoms with Crippen LogP contribution in [-0.4, -0.2) is 77.1 Å². The number of carbonyl (C=O) groups excluding carboxylic acids is 1. The maximum atomic E-state index is 13.0. The number of likely N-dealkylation sites (N-methyl/N-ethyl adjacent to an activating group) is 1. The first kappa shape index (κ1) is 19.8. The minimum atomic E-state index is -0.993. The predicted molar refractivity (Wildman–Crippen MR) is 112 cm³/mol. The summed E-state index contributed by atoms with van der Waals surface area (Å²) in [7, 11) is 4.19. The Hall–Kier alpha value is -2.51. The Bertz CT molecular complexity index is 909. The van der Waals surface area contributed by atoms with Crippen LogP contribution in [0.1, 0.15) is 33.9 Å². The molecule has 4 rings (SSSR count). The molecular formula is C22H29N5O2. The molecule has 2 aliphatic rings. The van der Waals surface area contributed by atoms with Crippen LogP contribution in [0, 0.1) is 13.8 Å². The Labute approximate surface area is 172 Å². The molecule has 0 radical (unpaired) electrons. The lowest BCUT2D eigenvalue weighted by Gasteiger charge is -2.46. The van der Waals surface area contributed by atoms with Crippen LogP contribution < -0.4 is 4.90 Å². The summed E-state index contributed by atoms with van der Waals surface area (Å²) in [5.74, 6) is 0.842. The van der Waals surface area contributed by atoms with Gasteiger partial charge in [-0.1, -0.05) is 30.3 Å². The molecule has 29 heavy (non-hydrogen) atoms. The molecule has 2 saturated heterocycles. The molecule has 3 heterocycles. The number of aliphatic hydroxyl groups is 1. The van der Waals surface area contributed by atoms with Gasteiger partial charge in [-0.2, -0.15) is 0 Å². The molecule has 2 aliphatic heterocycles. The summed E-state index contributed by atoms with van der Waals surface area (Å²) in [6.45, 7) is 6.27. The maximum Gasteiger partial charge on any atom is 0.291 e. The SMILES string of the molecule is Cc1nc(C(=O)N2CC(O)(c3ccccc3)C2)nc(N2CC[C@@H](N(C)C)C2)c1C. The molecule has 0 bridgehead atoms. The number of benzene rings is 1. The largest absolute Gasteiger partial charge is 0.381 e. The summed E-state index contributed by atoms with van der Waals surface area (Å²) >= 11 is 0. The van der Waals surface area contributed by atoms with Crippen molar-refractivity contribution in [2.24, 2.45) is 0 Å². The van der Waals surface area contributed by atoms with Gasteiger partial charge < -0.3 is 19.8 Å². The number of likely N-dealkylation sites (tertiary alicyclic amines) is 1. The summed E-state index contributed by atoms with van der Waals surface area (Å²) in [6.07, 6.45) is 1.08. The van der Waals surface area contributed by atoms with Crippen molar-refractivity contribution >= 4 is 11.7 Å². The number of β-amino-alcohol motifs (C(OH)–C–C–N with tert-alkyl or cyclic N) is 1. The molecule has 2 fully saturated rings. The maximum absolute atomic E-state index is 13.0. The van der Waals surface area contributed by atoms with Gasteiger partial charge in [0.2, 0.25) is 5.82 Å². The number of carbonyl (C=O) groups is 1. The van der Waals surface area contributed by atoms with E-state index in [1.165, 1.54) is 0 Å². The first-order chi connectivity index (χ1) is 13.8. The lowest BCUT2D eigenvalue weighted by molar-refractivity contribution is -0.0867. The van der Waals surface area contributed by atoms with Crippen LogP contribution in [-0.2, 0) is 5.60 Å². The number of hydrogen-bond acceptors (Lipinski definition) is 6. The topological polar surface area (TPSA) is 72.8 Å². The third-order valence-corrected chi connectivity index (χ3v) is 6.25. The molecular weight excluding hydrogens is 366 g/mol. The van der Waals surface area contributed by atoms with Crippen molar-refractivity contribution in [1.82, 2.24) is 19.8 Å². The van der Waals surface area contributed by atoms with Crippen molar-refractivity contribution in [3.05, 3.63) is 53.0 Å². The fourth-order valence-corrected chi connectivity index (χ4v) is 4.17. The Kier molecular flexibility index (Phi) is 5.04. The molecule has 7 heteroatoms.